The largest absolute Gasteiger partial charge is 0.398 e. The van der Waals surface area contributed by atoms with Crippen LogP contribution in [-0.4, -0.2) is 17.6 Å². The molecule has 0 spiro atoms. The zero-order chi connectivity index (χ0) is 13.4. The Morgan fingerprint density at radius 1 is 1.24 bits per heavy atom. The van der Waals surface area contributed by atoms with Crippen molar-refractivity contribution < 1.29 is 9.59 Å². The van der Waals surface area contributed by atoms with Gasteiger partial charge in [-0.05, 0) is 19.1 Å². The van der Waals surface area contributed by atoms with E-state index in [9.17, 15) is 9.59 Å². The molecule has 4 nitrogen and oxygen atoms in total. The number of para-hydroxylation sites is 1. The van der Waals surface area contributed by atoms with Gasteiger partial charge >= 0.3 is 0 Å². The minimum absolute atomic E-state index is 0.00352. The van der Waals surface area contributed by atoms with Gasteiger partial charge in [0.1, 0.15) is 5.78 Å². The van der Waals surface area contributed by atoms with Gasteiger partial charge in [-0.15, -0.1) is 0 Å². The number of carbonyl (C=O) groups is 2. The number of carbonyl (C=O) groups excluding carboxylic acids is 2. The molecule has 4 heteroatoms. The van der Waals surface area contributed by atoms with Gasteiger partial charge in [-0.25, -0.2) is 0 Å². The van der Waals surface area contributed by atoms with Crippen LogP contribution in [0.5, 0.6) is 0 Å². The molecule has 0 amide bonds. The average Bonchev–Trinajstić information content (AvgIpc) is 2.31. The predicted molar refractivity (Wildman–Crippen MR) is 69.8 cm³/mol. The van der Waals surface area contributed by atoms with Crippen LogP contribution < -0.4 is 11.5 Å². The van der Waals surface area contributed by atoms with Crippen LogP contribution in [0.3, 0.4) is 0 Å². The molecule has 0 saturated carbocycles. The van der Waals surface area contributed by atoms with Crippen LogP contribution >= 0.6 is 0 Å². The van der Waals surface area contributed by atoms with Crippen LogP contribution in [0.1, 0.15) is 37.6 Å². The molecule has 0 fully saturated rings. The van der Waals surface area contributed by atoms with Gasteiger partial charge in [-0.3, -0.25) is 9.59 Å². The van der Waals surface area contributed by atoms with E-state index in [0.717, 1.165) is 0 Å². The number of anilines is 1. The average molecular weight is 236 g/mol. The van der Waals surface area contributed by atoms with Crippen molar-refractivity contribution in [1.29, 1.82) is 0 Å². The van der Waals surface area contributed by atoms with Crippen LogP contribution in [0, 0.1) is 0 Å². The van der Waals surface area contributed by atoms with Gasteiger partial charge in [-0.2, -0.15) is 0 Å². The Hall–Kier alpha value is -1.68. The molecule has 4 N–H and O–H groups in total. The third kappa shape index (κ3) is 4.78. The fraction of sp³-hybridized carbons (Fsp3) is 0.385. The monoisotopic (exact) mass is 236 g/mol. The molecule has 94 valence electrons. The molecule has 1 aromatic carbocycles. The highest BCUT2D eigenvalue weighted by atomic mass is 16.1. The standard InChI is InChI=1S/C11H14N2O2.C2H6/c1-7(14)10(13)6-11(15)8-4-2-3-5-9(8)12;1-2/h2-5,10H,6,12-13H2,1H3;1-2H3/t10-;/m0./s1. The zero-order valence-electron chi connectivity index (χ0n) is 10.6. The summed E-state index contributed by atoms with van der Waals surface area (Å²) in [6, 6.07) is 6.01. The molecule has 1 aromatic rings. The first-order valence-electron chi connectivity index (χ1n) is 5.66. The lowest BCUT2D eigenvalue weighted by Crippen LogP contribution is -2.31. The van der Waals surface area contributed by atoms with Gasteiger partial charge in [0, 0.05) is 17.7 Å². The summed E-state index contributed by atoms with van der Waals surface area (Å²) in [6.07, 6.45) is 0.00352. The van der Waals surface area contributed by atoms with E-state index in [1.165, 1.54) is 6.92 Å². The summed E-state index contributed by atoms with van der Waals surface area (Å²) in [4.78, 5) is 22.6. The minimum atomic E-state index is -0.739. The fourth-order valence-corrected chi connectivity index (χ4v) is 1.20. The summed E-state index contributed by atoms with van der Waals surface area (Å²) in [5, 5.41) is 0. The van der Waals surface area contributed by atoms with Crippen molar-refractivity contribution in [3.8, 4) is 0 Å². The Kier molecular flexibility index (Phi) is 6.82. The van der Waals surface area contributed by atoms with Gasteiger partial charge in [0.25, 0.3) is 0 Å². The molecule has 0 aliphatic carbocycles. The molecule has 0 aliphatic heterocycles. The molecular weight excluding hydrogens is 216 g/mol. The first kappa shape index (κ1) is 15.3. The predicted octanol–water partition coefficient (Wildman–Crippen LogP) is 1.78. The smallest absolute Gasteiger partial charge is 0.166 e. The first-order chi connectivity index (χ1) is 8.02. The highest BCUT2D eigenvalue weighted by Gasteiger charge is 2.16. The number of hydrogen-bond donors (Lipinski definition) is 2. The van der Waals surface area contributed by atoms with Gasteiger partial charge in [-0.1, -0.05) is 26.0 Å². The van der Waals surface area contributed by atoms with Gasteiger partial charge in [0.2, 0.25) is 0 Å². The molecular formula is C13H20N2O2. The maximum Gasteiger partial charge on any atom is 0.166 e. The fourth-order valence-electron chi connectivity index (χ4n) is 1.20. The second-order valence-corrected chi connectivity index (χ2v) is 3.43. The van der Waals surface area contributed by atoms with Crippen LogP contribution in [0.25, 0.3) is 0 Å². The summed E-state index contributed by atoms with van der Waals surface area (Å²) >= 11 is 0. The lowest BCUT2D eigenvalue weighted by Gasteiger charge is -2.08. The Balaban J connectivity index is 0.00000121. The van der Waals surface area contributed by atoms with Crippen LogP contribution in [-0.2, 0) is 4.79 Å². The molecule has 0 heterocycles. The molecule has 0 aromatic heterocycles. The third-order valence-electron chi connectivity index (χ3n) is 2.19. The van der Waals surface area contributed by atoms with E-state index in [1.807, 2.05) is 13.8 Å². The van der Waals surface area contributed by atoms with Crippen molar-refractivity contribution in [2.45, 2.75) is 33.2 Å². The highest BCUT2D eigenvalue weighted by Crippen LogP contribution is 2.13. The lowest BCUT2D eigenvalue weighted by molar-refractivity contribution is -0.118. The topological polar surface area (TPSA) is 86.2 Å². The summed E-state index contributed by atoms with van der Waals surface area (Å²) in [6.45, 7) is 5.37. The minimum Gasteiger partial charge on any atom is -0.398 e. The summed E-state index contributed by atoms with van der Waals surface area (Å²) < 4.78 is 0. The molecule has 1 atom stereocenters. The molecule has 0 aliphatic rings. The number of rotatable bonds is 4. The molecule has 0 bridgehead atoms. The molecule has 17 heavy (non-hydrogen) atoms. The van der Waals surface area contributed by atoms with E-state index in [0.29, 0.717) is 11.3 Å². The second-order valence-electron chi connectivity index (χ2n) is 3.43. The normalized spacial score (nSPS) is 11.1. The van der Waals surface area contributed by atoms with E-state index < -0.39 is 6.04 Å². The van der Waals surface area contributed by atoms with E-state index in [4.69, 9.17) is 11.5 Å². The lowest BCUT2D eigenvalue weighted by atomic mass is 10.0. The Bertz CT molecular complexity index is 389. The van der Waals surface area contributed by atoms with Gasteiger partial charge < -0.3 is 11.5 Å². The Labute approximate surface area is 102 Å². The number of nitrogens with two attached hydrogens (primary N) is 2. The van der Waals surface area contributed by atoms with Crippen molar-refractivity contribution in [3.05, 3.63) is 29.8 Å². The molecule has 0 unspecified atom stereocenters. The molecule has 0 radical (unpaired) electrons. The van der Waals surface area contributed by atoms with Crippen molar-refractivity contribution in [2.24, 2.45) is 5.73 Å². The van der Waals surface area contributed by atoms with Crippen LogP contribution in [0.2, 0.25) is 0 Å². The first-order valence-corrected chi connectivity index (χ1v) is 5.66. The zero-order valence-corrected chi connectivity index (χ0v) is 10.6. The van der Waals surface area contributed by atoms with E-state index in [2.05, 4.69) is 0 Å². The van der Waals surface area contributed by atoms with Crippen LogP contribution in [0.4, 0.5) is 5.69 Å². The Morgan fingerprint density at radius 3 is 2.24 bits per heavy atom. The quantitative estimate of drug-likeness (QED) is 0.616. The van der Waals surface area contributed by atoms with E-state index >= 15 is 0 Å². The maximum absolute atomic E-state index is 11.7. The second kappa shape index (κ2) is 7.57. The Morgan fingerprint density at radius 2 is 1.76 bits per heavy atom. The number of ketones is 2. The van der Waals surface area contributed by atoms with Crippen molar-refractivity contribution >= 4 is 17.3 Å². The van der Waals surface area contributed by atoms with Gasteiger partial charge in [0.15, 0.2) is 5.78 Å². The molecule has 1 rings (SSSR count). The van der Waals surface area contributed by atoms with Crippen molar-refractivity contribution in [2.75, 3.05) is 5.73 Å². The van der Waals surface area contributed by atoms with Crippen LogP contribution in [0.15, 0.2) is 24.3 Å². The van der Waals surface area contributed by atoms with E-state index in [1.54, 1.807) is 24.3 Å². The van der Waals surface area contributed by atoms with Crippen molar-refractivity contribution in [1.82, 2.24) is 0 Å². The van der Waals surface area contributed by atoms with Gasteiger partial charge in [0.05, 0.1) is 6.04 Å². The molecule has 0 saturated heterocycles. The number of Topliss-reactive ketones (excluding diaryl/α,β-unsaturated/α-hetero) is 2. The number of nitrogen functional groups attached to an aromatic ring is 1. The summed E-state index contributed by atoms with van der Waals surface area (Å²) in [7, 11) is 0. The SMILES string of the molecule is CC.CC(=O)[C@@H](N)CC(=O)c1ccccc1N. The third-order valence-corrected chi connectivity index (χ3v) is 2.19. The summed E-state index contributed by atoms with van der Waals surface area (Å²) in [5.41, 5.74) is 12.0. The number of hydrogen-bond acceptors (Lipinski definition) is 4. The summed E-state index contributed by atoms with van der Waals surface area (Å²) in [5.74, 6) is -0.395. The maximum atomic E-state index is 11.7. The number of benzene rings is 1. The van der Waals surface area contributed by atoms with Crippen molar-refractivity contribution in [3.63, 3.8) is 0 Å². The van der Waals surface area contributed by atoms with E-state index in [-0.39, 0.29) is 18.0 Å². The highest BCUT2D eigenvalue weighted by molar-refractivity contribution is 6.03.